The Morgan fingerprint density at radius 3 is 2.84 bits per heavy atom. The van der Waals surface area contributed by atoms with Gasteiger partial charge in [-0.25, -0.2) is 9.79 Å². The van der Waals surface area contributed by atoms with Gasteiger partial charge in [-0.2, -0.15) is 0 Å². The molecule has 0 aromatic heterocycles. The van der Waals surface area contributed by atoms with Crippen LogP contribution in [0.4, 0.5) is 4.79 Å². The molecule has 1 fully saturated rings. The number of urea groups is 1. The minimum atomic E-state index is -0.623. The molecule has 0 aromatic rings. The standard InChI is InChI=1S/C10H13BrN4O4/c1-14-7-6(8(17)13-10(14)18)15(9(11)12-7)4-3-5(16)19-2/h6-7H,3-4H2,1-2H3,(H,13,17,18). The Kier molecular flexibility index (Phi) is 3.74. The summed E-state index contributed by atoms with van der Waals surface area (Å²) in [4.78, 5) is 41.8. The summed E-state index contributed by atoms with van der Waals surface area (Å²) in [6.07, 6.45) is -0.441. The average molecular weight is 333 g/mol. The Morgan fingerprint density at radius 1 is 1.53 bits per heavy atom. The van der Waals surface area contributed by atoms with Crippen molar-refractivity contribution in [2.24, 2.45) is 4.99 Å². The van der Waals surface area contributed by atoms with Gasteiger partial charge in [-0.3, -0.25) is 14.9 Å². The van der Waals surface area contributed by atoms with Gasteiger partial charge < -0.3 is 14.5 Å². The smallest absolute Gasteiger partial charge is 0.325 e. The maximum atomic E-state index is 11.9. The molecule has 2 rings (SSSR count). The second-order valence-corrected chi connectivity index (χ2v) is 4.89. The van der Waals surface area contributed by atoms with Crippen LogP contribution in [-0.4, -0.2) is 65.4 Å². The van der Waals surface area contributed by atoms with Crippen LogP contribution in [0.3, 0.4) is 0 Å². The third-order valence-corrected chi connectivity index (χ3v) is 3.75. The van der Waals surface area contributed by atoms with Gasteiger partial charge in [-0.1, -0.05) is 0 Å². The number of methoxy groups -OCH3 is 1. The molecular formula is C10H13BrN4O4. The Balaban J connectivity index is 2.14. The maximum absolute atomic E-state index is 11.9. The van der Waals surface area contributed by atoms with Crippen molar-refractivity contribution >= 4 is 38.6 Å². The van der Waals surface area contributed by atoms with Crippen molar-refractivity contribution in [2.75, 3.05) is 20.7 Å². The van der Waals surface area contributed by atoms with Gasteiger partial charge >= 0.3 is 12.0 Å². The fourth-order valence-electron chi connectivity index (χ4n) is 2.04. The minimum absolute atomic E-state index is 0.134. The van der Waals surface area contributed by atoms with Gasteiger partial charge in [0.1, 0.15) is 0 Å². The number of rotatable bonds is 3. The van der Waals surface area contributed by atoms with E-state index in [1.165, 1.54) is 12.0 Å². The second-order valence-electron chi connectivity index (χ2n) is 4.18. The fourth-order valence-corrected chi connectivity index (χ4v) is 2.65. The van der Waals surface area contributed by atoms with E-state index in [0.29, 0.717) is 4.74 Å². The molecule has 2 heterocycles. The van der Waals surface area contributed by atoms with Gasteiger partial charge in [-0.05, 0) is 15.9 Å². The number of aliphatic imine (C=N–C) groups is 1. The van der Waals surface area contributed by atoms with Crippen molar-refractivity contribution in [3.05, 3.63) is 0 Å². The fraction of sp³-hybridized carbons (Fsp3) is 0.600. The molecule has 0 aliphatic carbocycles. The molecule has 0 aromatic carbocycles. The van der Waals surface area contributed by atoms with E-state index in [2.05, 4.69) is 31.0 Å². The molecule has 1 N–H and O–H groups in total. The van der Waals surface area contributed by atoms with E-state index in [1.807, 2.05) is 0 Å². The van der Waals surface area contributed by atoms with Gasteiger partial charge in [0.05, 0.1) is 13.5 Å². The summed E-state index contributed by atoms with van der Waals surface area (Å²) < 4.78 is 5.01. The highest BCUT2D eigenvalue weighted by Crippen LogP contribution is 2.26. The number of hydrogen-bond donors (Lipinski definition) is 1. The molecule has 2 atom stereocenters. The van der Waals surface area contributed by atoms with Crippen LogP contribution in [0.25, 0.3) is 0 Å². The Labute approximate surface area is 117 Å². The Morgan fingerprint density at radius 2 is 2.21 bits per heavy atom. The van der Waals surface area contributed by atoms with Gasteiger partial charge in [0.25, 0.3) is 5.91 Å². The first kappa shape index (κ1) is 13.8. The topological polar surface area (TPSA) is 91.3 Å². The van der Waals surface area contributed by atoms with Crippen molar-refractivity contribution in [1.82, 2.24) is 15.1 Å². The highest BCUT2D eigenvalue weighted by molar-refractivity contribution is 9.18. The van der Waals surface area contributed by atoms with Crippen LogP contribution in [0, 0.1) is 0 Å². The van der Waals surface area contributed by atoms with E-state index < -0.39 is 24.1 Å². The van der Waals surface area contributed by atoms with Crippen molar-refractivity contribution < 1.29 is 19.1 Å². The number of amidine groups is 1. The number of imide groups is 1. The van der Waals surface area contributed by atoms with Crippen LogP contribution in [0.5, 0.6) is 0 Å². The average Bonchev–Trinajstić information content (AvgIpc) is 2.71. The zero-order valence-corrected chi connectivity index (χ0v) is 12.0. The third-order valence-electron chi connectivity index (χ3n) is 3.09. The predicted molar refractivity (Wildman–Crippen MR) is 68.6 cm³/mol. The number of halogens is 1. The Bertz CT molecular complexity index is 466. The van der Waals surface area contributed by atoms with Crippen molar-refractivity contribution in [1.29, 1.82) is 0 Å². The lowest BCUT2D eigenvalue weighted by Gasteiger charge is -2.35. The zero-order chi connectivity index (χ0) is 14.2. The molecule has 2 aliphatic rings. The van der Waals surface area contributed by atoms with Crippen LogP contribution in [0.15, 0.2) is 4.99 Å². The van der Waals surface area contributed by atoms with E-state index in [0.717, 1.165) is 0 Å². The third kappa shape index (κ3) is 2.42. The van der Waals surface area contributed by atoms with Crippen LogP contribution in [0.1, 0.15) is 6.42 Å². The van der Waals surface area contributed by atoms with E-state index >= 15 is 0 Å². The molecule has 3 amide bonds. The molecule has 1 saturated heterocycles. The SMILES string of the molecule is COC(=O)CCN1C(Br)=NC2C1C(=O)NC(=O)N2C. The van der Waals surface area contributed by atoms with Crippen molar-refractivity contribution in [2.45, 2.75) is 18.6 Å². The molecule has 0 radical (unpaired) electrons. The highest BCUT2D eigenvalue weighted by Gasteiger charge is 2.47. The quantitative estimate of drug-likeness (QED) is 0.555. The number of nitrogens with zero attached hydrogens (tertiary/aromatic N) is 3. The predicted octanol–water partition coefficient (Wildman–Crippen LogP) is -0.508. The van der Waals surface area contributed by atoms with Crippen LogP contribution in [0.2, 0.25) is 0 Å². The number of esters is 1. The number of likely N-dealkylation sites (N-methyl/N-ethyl adjacent to an activating group) is 1. The lowest BCUT2D eigenvalue weighted by atomic mass is 10.1. The molecular weight excluding hydrogens is 320 g/mol. The zero-order valence-electron chi connectivity index (χ0n) is 10.4. The lowest BCUT2D eigenvalue weighted by molar-refractivity contribution is -0.141. The highest BCUT2D eigenvalue weighted by atomic mass is 79.9. The summed E-state index contributed by atoms with van der Waals surface area (Å²) in [5, 5.41) is 2.25. The maximum Gasteiger partial charge on any atom is 0.325 e. The summed E-state index contributed by atoms with van der Waals surface area (Å²) in [5.41, 5.74) is 0. The molecule has 9 heteroatoms. The van der Waals surface area contributed by atoms with Crippen LogP contribution >= 0.6 is 15.9 Å². The van der Waals surface area contributed by atoms with E-state index in [4.69, 9.17) is 0 Å². The monoisotopic (exact) mass is 332 g/mol. The number of amides is 3. The molecule has 0 saturated carbocycles. The van der Waals surface area contributed by atoms with Gasteiger partial charge in [0.2, 0.25) is 0 Å². The summed E-state index contributed by atoms with van der Waals surface area (Å²) in [5.74, 6) is -0.791. The number of fused-ring (bicyclic) bond motifs is 1. The number of ether oxygens (including phenoxy) is 1. The van der Waals surface area contributed by atoms with Crippen LogP contribution < -0.4 is 5.32 Å². The van der Waals surface area contributed by atoms with Crippen molar-refractivity contribution in [3.8, 4) is 0 Å². The summed E-state index contributed by atoms with van der Waals surface area (Å²) in [6.45, 7) is 0.285. The van der Waals surface area contributed by atoms with Crippen molar-refractivity contribution in [3.63, 3.8) is 0 Å². The van der Waals surface area contributed by atoms with Gasteiger partial charge in [0.15, 0.2) is 17.0 Å². The van der Waals surface area contributed by atoms with E-state index in [-0.39, 0.29) is 18.9 Å². The molecule has 19 heavy (non-hydrogen) atoms. The second kappa shape index (κ2) is 5.16. The summed E-state index contributed by atoms with van der Waals surface area (Å²) in [7, 11) is 2.87. The minimum Gasteiger partial charge on any atom is -0.469 e. The van der Waals surface area contributed by atoms with E-state index in [1.54, 1.807) is 11.9 Å². The first-order valence-corrected chi connectivity index (χ1v) is 6.39. The normalized spacial score (nSPS) is 25.9. The molecule has 0 spiro atoms. The first-order chi connectivity index (χ1) is 8.95. The van der Waals surface area contributed by atoms with Gasteiger partial charge in [0, 0.05) is 13.6 Å². The molecule has 2 aliphatic heterocycles. The number of nitrogens with one attached hydrogen (secondary N) is 1. The Hall–Kier alpha value is -1.64. The van der Waals surface area contributed by atoms with Gasteiger partial charge in [-0.15, -0.1) is 0 Å². The summed E-state index contributed by atoms with van der Waals surface area (Å²) in [6, 6.07) is -1.10. The lowest BCUT2D eigenvalue weighted by Crippen LogP contribution is -2.63. The molecule has 2 unspecified atom stereocenters. The van der Waals surface area contributed by atoms with E-state index in [9.17, 15) is 14.4 Å². The molecule has 104 valence electrons. The first-order valence-electron chi connectivity index (χ1n) is 5.60. The largest absolute Gasteiger partial charge is 0.469 e. The number of hydrogen-bond acceptors (Lipinski definition) is 6. The molecule has 0 bridgehead atoms. The molecule has 8 nitrogen and oxygen atoms in total. The number of carbonyl (C=O) groups is 3. The number of carbonyl (C=O) groups excluding carboxylic acids is 3. The summed E-state index contributed by atoms with van der Waals surface area (Å²) >= 11 is 3.25. The van der Waals surface area contributed by atoms with Crippen LogP contribution in [-0.2, 0) is 14.3 Å².